The molecule has 0 N–H and O–H groups in total. The summed E-state index contributed by atoms with van der Waals surface area (Å²) in [4.78, 5) is 13.6. The summed E-state index contributed by atoms with van der Waals surface area (Å²) >= 11 is 0. The Hall–Kier alpha value is -1.22. The second-order valence-corrected chi connectivity index (χ2v) is 3.64. The van der Waals surface area contributed by atoms with Crippen molar-refractivity contribution in [3.8, 4) is 0 Å². The van der Waals surface area contributed by atoms with Gasteiger partial charge in [-0.3, -0.25) is 4.79 Å². The maximum absolute atomic E-state index is 11.1. The molecular weight excluding hydrogens is 170 g/mol. The minimum atomic E-state index is -0.435. The fraction of sp³-hybridized carbons (Fsp3) is 0.875. The van der Waals surface area contributed by atoms with Crippen molar-refractivity contribution < 1.29 is 9.53 Å². The van der Waals surface area contributed by atoms with Crippen LogP contribution >= 0.6 is 0 Å². The molecule has 0 aliphatic carbocycles. The van der Waals surface area contributed by atoms with Crippen molar-refractivity contribution in [2.75, 3.05) is 6.54 Å². The zero-order valence-corrected chi connectivity index (χ0v) is 8.28. The molecule has 74 valence electrons. The molecule has 0 aliphatic heterocycles. The second-order valence-electron chi connectivity index (χ2n) is 3.64. The van der Waals surface area contributed by atoms with Crippen LogP contribution in [-0.2, 0) is 9.53 Å². The summed E-state index contributed by atoms with van der Waals surface area (Å²) in [5.41, 5.74) is 7.53. The minimum absolute atomic E-state index is 0.249. The van der Waals surface area contributed by atoms with Crippen LogP contribution in [0, 0.1) is 0 Å². The van der Waals surface area contributed by atoms with Gasteiger partial charge in [0.05, 0.1) is 0 Å². The minimum Gasteiger partial charge on any atom is -0.460 e. The summed E-state index contributed by atoms with van der Waals surface area (Å²) in [6.07, 6.45) is 0.843. The lowest BCUT2D eigenvalue weighted by molar-refractivity contribution is -0.154. The van der Waals surface area contributed by atoms with Gasteiger partial charge in [0.1, 0.15) is 5.60 Å². The van der Waals surface area contributed by atoms with Crippen LogP contribution < -0.4 is 0 Å². The molecular formula is C8H15N3O2. The van der Waals surface area contributed by atoms with Gasteiger partial charge in [0.25, 0.3) is 0 Å². The van der Waals surface area contributed by atoms with Gasteiger partial charge in [-0.25, -0.2) is 0 Å². The Bertz CT molecular complexity index is 214. The molecule has 0 aromatic rings. The first-order chi connectivity index (χ1) is 5.95. The van der Waals surface area contributed by atoms with Crippen molar-refractivity contribution in [1.29, 1.82) is 0 Å². The highest BCUT2D eigenvalue weighted by atomic mass is 16.6. The summed E-state index contributed by atoms with van der Waals surface area (Å²) in [5.74, 6) is -0.249. The Labute approximate surface area is 77.7 Å². The second kappa shape index (κ2) is 5.43. The Morgan fingerprint density at radius 2 is 2.15 bits per heavy atom. The summed E-state index contributed by atoms with van der Waals surface area (Å²) in [6, 6.07) is 0. The molecule has 5 nitrogen and oxygen atoms in total. The molecule has 0 amide bonds. The number of nitrogens with zero attached hydrogens (tertiary/aromatic N) is 3. The molecule has 0 fully saturated rings. The van der Waals surface area contributed by atoms with Crippen LogP contribution in [0.25, 0.3) is 10.4 Å². The highest BCUT2D eigenvalue weighted by Gasteiger charge is 2.15. The predicted molar refractivity (Wildman–Crippen MR) is 49.1 cm³/mol. The van der Waals surface area contributed by atoms with Gasteiger partial charge in [-0.15, -0.1) is 0 Å². The van der Waals surface area contributed by atoms with Crippen LogP contribution in [0.15, 0.2) is 5.11 Å². The van der Waals surface area contributed by atoms with Gasteiger partial charge in [-0.1, -0.05) is 5.11 Å². The van der Waals surface area contributed by atoms with Gasteiger partial charge < -0.3 is 4.74 Å². The molecule has 5 heteroatoms. The third-order valence-electron chi connectivity index (χ3n) is 1.12. The number of rotatable bonds is 4. The van der Waals surface area contributed by atoms with E-state index in [1.54, 1.807) is 0 Å². The van der Waals surface area contributed by atoms with Gasteiger partial charge in [-0.2, -0.15) is 0 Å². The Morgan fingerprint density at radius 3 is 2.62 bits per heavy atom. The normalized spacial score (nSPS) is 10.4. The Kier molecular flexibility index (Phi) is 4.92. The smallest absolute Gasteiger partial charge is 0.306 e. The zero-order chi connectivity index (χ0) is 10.3. The van der Waals surface area contributed by atoms with E-state index in [1.165, 1.54) is 0 Å². The number of carbonyl (C=O) groups is 1. The summed E-state index contributed by atoms with van der Waals surface area (Å²) in [6.45, 7) is 5.80. The molecule has 0 radical (unpaired) electrons. The summed E-state index contributed by atoms with van der Waals surface area (Å²) in [5, 5.41) is 3.31. The molecule has 13 heavy (non-hydrogen) atoms. The number of carbonyl (C=O) groups excluding carboxylic acids is 1. The van der Waals surface area contributed by atoms with E-state index >= 15 is 0 Å². The van der Waals surface area contributed by atoms with Crippen molar-refractivity contribution >= 4 is 5.97 Å². The highest BCUT2D eigenvalue weighted by Crippen LogP contribution is 2.08. The fourth-order valence-electron chi connectivity index (χ4n) is 0.731. The molecule has 0 aliphatic rings. The lowest BCUT2D eigenvalue weighted by Crippen LogP contribution is -2.23. The van der Waals surface area contributed by atoms with Gasteiger partial charge in [0.2, 0.25) is 0 Å². The zero-order valence-electron chi connectivity index (χ0n) is 8.28. The first kappa shape index (κ1) is 11.8. The molecule has 0 heterocycles. The average Bonchev–Trinajstić information content (AvgIpc) is 1.94. The molecule has 0 saturated heterocycles. The van der Waals surface area contributed by atoms with E-state index in [0.29, 0.717) is 19.4 Å². The molecule has 0 unspecified atom stereocenters. The number of hydrogen-bond acceptors (Lipinski definition) is 3. The predicted octanol–water partition coefficient (Wildman–Crippen LogP) is 2.42. The van der Waals surface area contributed by atoms with Crippen LogP contribution in [0.1, 0.15) is 33.6 Å². The third-order valence-corrected chi connectivity index (χ3v) is 1.12. The van der Waals surface area contributed by atoms with E-state index < -0.39 is 5.60 Å². The molecule has 0 rings (SSSR count). The molecule has 0 spiro atoms. The number of azide groups is 1. The summed E-state index contributed by atoms with van der Waals surface area (Å²) in [7, 11) is 0. The number of esters is 1. The number of ether oxygens (including phenoxy) is 1. The van der Waals surface area contributed by atoms with Crippen molar-refractivity contribution in [2.45, 2.75) is 39.2 Å². The van der Waals surface area contributed by atoms with Gasteiger partial charge >= 0.3 is 5.97 Å². The maximum atomic E-state index is 11.1. The molecule has 0 saturated carbocycles. The fourth-order valence-corrected chi connectivity index (χ4v) is 0.731. The van der Waals surface area contributed by atoms with Crippen LogP contribution in [0.5, 0.6) is 0 Å². The standard InChI is InChI=1S/C8H15N3O2/c1-8(2,3)13-7(12)5-4-6-10-11-9/h4-6H2,1-3H3. The lowest BCUT2D eigenvalue weighted by atomic mass is 10.2. The van der Waals surface area contributed by atoms with E-state index in [4.69, 9.17) is 10.3 Å². The van der Waals surface area contributed by atoms with E-state index in [1.807, 2.05) is 20.8 Å². The first-order valence-electron chi connectivity index (χ1n) is 4.18. The monoisotopic (exact) mass is 185 g/mol. The molecule has 0 aromatic heterocycles. The van der Waals surface area contributed by atoms with E-state index in [9.17, 15) is 4.79 Å². The van der Waals surface area contributed by atoms with Gasteiger partial charge in [0.15, 0.2) is 0 Å². The van der Waals surface area contributed by atoms with Crippen molar-refractivity contribution in [3.05, 3.63) is 10.4 Å². The third kappa shape index (κ3) is 8.69. The first-order valence-corrected chi connectivity index (χ1v) is 4.18. The van der Waals surface area contributed by atoms with Crippen LogP contribution in [0.3, 0.4) is 0 Å². The average molecular weight is 185 g/mol. The maximum Gasteiger partial charge on any atom is 0.306 e. The molecule has 0 bridgehead atoms. The van der Waals surface area contributed by atoms with Crippen LogP contribution in [0.2, 0.25) is 0 Å². The Balaban J connectivity index is 3.58. The van der Waals surface area contributed by atoms with Crippen molar-refractivity contribution in [3.63, 3.8) is 0 Å². The van der Waals surface area contributed by atoms with Crippen molar-refractivity contribution in [1.82, 2.24) is 0 Å². The summed E-state index contributed by atoms with van der Waals surface area (Å²) < 4.78 is 5.04. The van der Waals surface area contributed by atoms with Crippen molar-refractivity contribution in [2.24, 2.45) is 5.11 Å². The lowest BCUT2D eigenvalue weighted by Gasteiger charge is -2.19. The van der Waals surface area contributed by atoms with E-state index in [-0.39, 0.29) is 5.97 Å². The van der Waals surface area contributed by atoms with Gasteiger partial charge in [0, 0.05) is 17.9 Å². The number of hydrogen-bond donors (Lipinski definition) is 0. The van der Waals surface area contributed by atoms with E-state index in [0.717, 1.165) is 0 Å². The van der Waals surface area contributed by atoms with E-state index in [2.05, 4.69) is 10.0 Å². The molecule has 0 atom stereocenters. The SMILES string of the molecule is CC(C)(C)OC(=O)CCCN=[N+]=[N-]. The van der Waals surface area contributed by atoms with Crippen LogP contribution in [0.4, 0.5) is 0 Å². The Morgan fingerprint density at radius 1 is 1.54 bits per heavy atom. The highest BCUT2D eigenvalue weighted by molar-refractivity contribution is 5.69. The van der Waals surface area contributed by atoms with Crippen LogP contribution in [-0.4, -0.2) is 18.1 Å². The molecule has 0 aromatic carbocycles. The largest absolute Gasteiger partial charge is 0.460 e. The van der Waals surface area contributed by atoms with Gasteiger partial charge in [-0.05, 0) is 32.7 Å². The quantitative estimate of drug-likeness (QED) is 0.222. The topological polar surface area (TPSA) is 75.1 Å².